The molecular formula is C14H22BrN5O. The van der Waals surface area contributed by atoms with Gasteiger partial charge in [-0.1, -0.05) is 28.1 Å². The van der Waals surface area contributed by atoms with E-state index in [-0.39, 0.29) is 11.9 Å². The highest BCUT2D eigenvalue weighted by atomic mass is 79.9. The molecule has 0 radical (unpaired) electrons. The summed E-state index contributed by atoms with van der Waals surface area (Å²) in [6.07, 6.45) is 2.01. The van der Waals surface area contributed by atoms with Crippen LogP contribution in [0.2, 0.25) is 0 Å². The van der Waals surface area contributed by atoms with Gasteiger partial charge in [0.2, 0.25) is 5.91 Å². The van der Waals surface area contributed by atoms with Crippen molar-refractivity contribution in [3.8, 4) is 0 Å². The lowest BCUT2D eigenvalue weighted by atomic mass is 10.1. The summed E-state index contributed by atoms with van der Waals surface area (Å²) < 4.78 is 1.04. The maximum Gasteiger partial charge on any atom is 0.236 e. The second kappa shape index (κ2) is 9.36. The maximum absolute atomic E-state index is 11.8. The van der Waals surface area contributed by atoms with Crippen LogP contribution in [0.3, 0.4) is 0 Å². The Bertz CT molecular complexity index is 471. The molecule has 0 spiro atoms. The van der Waals surface area contributed by atoms with Crippen molar-refractivity contribution in [2.24, 2.45) is 22.2 Å². The van der Waals surface area contributed by atoms with Gasteiger partial charge in [-0.05, 0) is 37.0 Å². The van der Waals surface area contributed by atoms with Crippen molar-refractivity contribution in [1.29, 1.82) is 0 Å². The zero-order valence-electron chi connectivity index (χ0n) is 11.9. The van der Waals surface area contributed by atoms with Crippen molar-refractivity contribution in [2.75, 3.05) is 13.1 Å². The van der Waals surface area contributed by atoms with Crippen LogP contribution >= 0.6 is 15.9 Å². The number of aliphatic imine (C=N–C) groups is 1. The summed E-state index contributed by atoms with van der Waals surface area (Å²) in [5.41, 5.74) is 17.4. The third-order valence-corrected chi connectivity index (χ3v) is 3.46. The van der Waals surface area contributed by atoms with Gasteiger partial charge in [0.1, 0.15) is 0 Å². The van der Waals surface area contributed by atoms with Gasteiger partial charge < -0.3 is 22.5 Å². The van der Waals surface area contributed by atoms with E-state index in [9.17, 15) is 4.79 Å². The third-order valence-electron chi connectivity index (χ3n) is 2.93. The van der Waals surface area contributed by atoms with Crippen molar-refractivity contribution in [3.05, 3.63) is 34.3 Å². The lowest BCUT2D eigenvalue weighted by Crippen LogP contribution is -2.41. The Morgan fingerprint density at radius 3 is 2.57 bits per heavy atom. The number of nitrogens with two attached hydrogens (primary N) is 3. The highest BCUT2D eigenvalue weighted by Gasteiger charge is 2.11. The zero-order valence-corrected chi connectivity index (χ0v) is 13.5. The molecule has 0 unspecified atom stereocenters. The van der Waals surface area contributed by atoms with Gasteiger partial charge >= 0.3 is 0 Å². The van der Waals surface area contributed by atoms with Gasteiger partial charge in [0, 0.05) is 17.6 Å². The molecule has 0 aliphatic heterocycles. The Morgan fingerprint density at radius 1 is 1.29 bits per heavy atom. The number of hydrogen-bond donors (Lipinski definition) is 4. The van der Waals surface area contributed by atoms with Gasteiger partial charge in [0.05, 0.1) is 6.04 Å². The topological polar surface area (TPSA) is 120 Å². The van der Waals surface area contributed by atoms with Crippen LogP contribution in [0.15, 0.2) is 33.7 Å². The number of benzene rings is 1. The predicted molar refractivity (Wildman–Crippen MR) is 88.7 cm³/mol. The Labute approximate surface area is 133 Å². The van der Waals surface area contributed by atoms with E-state index < -0.39 is 6.04 Å². The van der Waals surface area contributed by atoms with E-state index in [1.165, 1.54) is 5.56 Å². The van der Waals surface area contributed by atoms with E-state index in [2.05, 4.69) is 26.2 Å². The molecule has 0 aliphatic rings. The number of carbonyl (C=O) groups is 1. The fraction of sp³-hybridized carbons (Fsp3) is 0.429. The Balaban J connectivity index is 2.20. The standard InChI is InChI=1S/C14H22BrN5O/c15-11-5-3-10(4-6-11)7-9-19-13(21)12(16)2-1-8-20-14(17)18/h3-6,12H,1-2,7-9,16H2,(H,19,21)(H4,17,18,20)/t12-/m0/s1. The van der Waals surface area contributed by atoms with Crippen LogP contribution in [0.25, 0.3) is 0 Å². The average Bonchev–Trinajstić information content (AvgIpc) is 2.45. The summed E-state index contributed by atoms with van der Waals surface area (Å²) in [5, 5.41) is 2.83. The minimum Gasteiger partial charge on any atom is -0.370 e. The Kier molecular flexibility index (Phi) is 7.78. The van der Waals surface area contributed by atoms with E-state index in [0.717, 1.165) is 10.9 Å². The number of halogens is 1. The quantitative estimate of drug-likeness (QED) is 0.308. The molecule has 0 heterocycles. The van der Waals surface area contributed by atoms with E-state index in [1.807, 2.05) is 24.3 Å². The lowest BCUT2D eigenvalue weighted by Gasteiger charge is -2.11. The van der Waals surface area contributed by atoms with E-state index in [1.54, 1.807) is 0 Å². The van der Waals surface area contributed by atoms with Crippen molar-refractivity contribution >= 4 is 27.8 Å². The van der Waals surface area contributed by atoms with E-state index in [4.69, 9.17) is 17.2 Å². The van der Waals surface area contributed by atoms with Gasteiger partial charge in [-0.25, -0.2) is 0 Å². The first-order valence-corrected chi connectivity index (χ1v) is 7.61. The van der Waals surface area contributed by atoms with Crippen LogP contribution < -0.4 is 22.5 Å². The van der Waals surface area contributed by atoms with Crippen LogP contribution in [0, 0.1) is 0 Å². The first-order chi connectivity index (χ1) is 9.99. The maximum atomic E-state index is 11.8. The van der Waals surface area contributed by atoms with Crippen LogP contribution in [-0.4, -0.2) is 31.0 Å². The average molecular weight is 356 g/mol. The normalized spacial score (nSPS) is 11.7. The summed E-state index contributed by atoms with van der Waals surface area (Å²) >= 11 is 3.38. The van der Waals surface area contributed by atoms with Gasteiger partial charge in [0.15, 0.2) is 5.96 Å². The summed E-state index contributed by atoms with van der Waals surface area (Å²) in [7, 11) is 0. The summed E-state index contributed by atoms with van der Waals surface area (Å²) in [6, 6.07) is 7.47. The molecule has 1 aromatic carbocycles. The highest BCUT2D eigenvalue weighted by molar-refractivity contribution is 9.10. The Hall–Kier alpha value is -1.60. The zero-order chi connectivity index (χ0) is 15.7. The van der Waals surface area contributed by atoms with Gasteiger partial charge in [0.25, 0.3) is 0 Å². The van der Waals surface area contributed by atoms with Crippen molar-refractivity contribution in [3.63, 3.8) is 0 Å². The highest BCUT2D eigenvalue weighted by Crippen LogP contribution is 2.10. The van der Waals surface area contributed by atoms with Crippen molar-refractivity contribution in [2.45, 2.75) is 25.3 Å². The van der Waals surface area contributed by atoms with Crippen LogP contribution in [0.1, 0.15) is 18.4 Å². The number of carbonyl (C=O) groups excluding carboxylic acids is 1. The summed E-state index contributed by atoms with van der Waals surface area (Å²) in [5.74, 6) is -0.0840. The van der Waals surface area contributed by atoms with E-state index in [0.29, 0.717) is 25.9 Å². The minimum absolute atomic E-state index is 0.0579. The lowest BCUT2D eigenvalue weighted by molar-refractivity contribution is -0.122. The predicted octanol–water partition coefficient (Wildman–Crippen LogP) is 0.489. The SMILES string of the molecule is NC(N)=NCCC[C@H](N)C(=O)NCCc1ccc(Br)cc1. The molecule has 7 heteroatoms. The molecule has 0 aliphatic carbocycles. The largest absolute Gasteiger partial charge is 0.370 e. The first kappa shape index (κ1) is 17.5. The fourth-order valence-corrected chi connectivity index (χ4v) is 2.03. The molecule has 21 heavy (non-hydrogen) atoms. The molecule has 7 N–H and O–H groups in total. The van der Waals surface area contributed by atoms with Crippen LogP contribution in [0.4, 0.5) is 0 Å². The molecule has 0 saturated heterocycles. The number of nitrogens with one attached hydrogen (secondary N) is 1. The smallest absolute Gasteiger partial charge is 0.236 e. The fourth-order valence-electron chi connectivity index (χ4n) is 1.76. The second-order valence-corrected chi connectivity index (χ2v) is 5.64. The molecule has 0 fully saturated rings. The molecule has 116 valence electrons. The molecule has 1 atom stereocenters. The second-order valence-electron chi connectivity index (χ2n) is 4.72. The summed E-state index contributed by atoms with van der Waals surface area (Å²) in [4.78, 5) is 15.6. The monoisotopic (exact) mass is 355 g/mol. The molecule has 1 rings (SSSR count). The third kappa shape index (κ3) is 7.67. The number of guanidine groups is 1. The van der Waals surface area contributed by atoms with Gasteiger partial charge in [-0.2, -0.15) is 0 Å². The van der Waals surface area contributed by atoms with Crippen LogP contribution in [0.5, 0.6) is 0 Å². The van der Waals surface area contributed by atoms with Crippen molar-refractivity contribution in [1.82, 2.24) is 5.32 Å². The van der Waals surface area contributed by atoms with Crippen LogP contribution in [-0.2, 0) is 11.2 Å². The van der Waals surface area contributed by atoms with Gasteiger partial charge in [-0.3, -0.25) is 9.79 Å². The number of hydrogen-bond acceptors (Lipinski definition) is 3. The molecule has 6 nitrogen and oxygen atoms in total. The number of rotatable bonds is 8. The van der Waals surface area contributed by atoms with Crippen molar-refractivity contribution < 1.29 is 4.79 Å². The molecular weight excluding hydrogens is 334 g/mol. The molecule has 0 aromatic heterocycles. The molecule has 0 saturated carbocycles. The molecule has 0 bridgehead atoms. The first-order valence-electron chi connectivity index (χ1n) is 6.82. The van der Waals surface area contributed by atoms with E-state index >= 15 is 0 Å². The summed E-state index contributed by atoms with van der Waals surface area (Å²) in [6.45, 7) is 1.06. The van der Waals surface area contributed by atoms with Gasteiger partial charge in [-0.15, -0.1) is 0 Å². The number of amides is 1. The molecule has 1 amide bonds. The molecule has 1 aromatic rings. The Morgan fingerprint density at radius 2 is 1.95 bits per heavy atom. The number of nitrogens with zero attached hydrogens (tertiary/aromatic N) is 1. The minimum atomic E-state index is -0.524.